The van der Waals surface area contributed by atoms with Crippen molar-refractivity contribution < 1.29 is 9.90 Å². The van der Waals surface area contributed by atoms with E-state index in [-0.39, 0.29) is 12.5 Å². The first kappa shape index (κ1) is 13.8. The molecule has 2 aromatic rings. The molecule has 1 amide bonds. The number of rotatable bonds is 3. The minimum absolute atomic E-state index is 0.00547. The van der Waals surface area contributed by atoms with E-state index in [2.05, 4.69) is 10.1 Å². The van der Waals surface area contributed by atoms with E-state index < -0.39 is 0 Å². The molecular formula is C15H18N4O2. The van der Waals surface area contributed by atoms with Crippen LogP contribution in [0.2, 0.25) is 0 Å². The zero-order valence-corrected chi connectivity index (χ0v) is 11.7. The maximum atomic E-state index is 12.4. The summed E-state index contributed by atoms with van der Waals surface area (Å²) in [7, 11) is 0. The molecule has 1 fully saturated rings. The second-order valence-corrected chi connectivity index (χ2v) is 5.27. The lowest BCUT2D eigenvalue weighted by molar-refractivity contribution is 0.0650. The molecule has 1 N–H and O–H groups in total. The van der Waals surface area contributed by atoms with Crippen LogP contribution in [0.1, 0.15) is 23.2 Å². The molecule has 0 spiro atoms. The number of aromatic nitrogens is 3. The minimum Gasteiger partial charge on any atom is -0.396 e. The van der Waals surface area contributed by atoms with Gasteiger partial charge < -0.3 is 10.0 Å². The summed E-state index contributed by atoms with van der Waals surface area (Å²) in [4.78, 5) is 18.5. The number of carbonyl (C=O) groups is 1. The van der Waals surface area contributed by atoms with Gasteiger partial charge in [-0.15, -0.1) is 0 Å². The lowest BCUT2D eigenvalue weighted by atomic mass is 9.97. The van der Waals surface area contributed by atoms with Crippen molar-refractivity contribution in [3.05, 3.63) is 42.4 Å². The zero-order chi connectivity index (χ0) is 14.7. The highest BCUT2D eigenvalue weighted by Gasteiger charge is 2.23. The second kappa shape index (κ2) is 6.05. The SMILES string of the molecule is O=C(c1ccc(-n2cccn2)nc1)N1CCC(CO)CC1. The molecule has 1 saturated heterocycles. The second-order valence-electron chi connectivity index (χ2n) is 5.27. The van der Waals surface area contributed by atoms with Crippen molar-refractivity contribution in [1.29, 1.82) is 0 Å². The summed E-state index contributed by atoms with van der Waals surface area (Å²) in [6, 6.07) is 5.40. The number of nitrogens with zero attached hydrogens (tertiary/aromatic N) is 4. The van der Waals surface area contributed by atoms with Crippen LogP contribution >= 0.6 is 0 Å². The Morgan fingerprint density at radius 2 is 2.14 bits per heavy atom. The molecule has 1 aliphatic rings. The van der Waals surface area contributed by atoms with Crippen molar-refractivity contribution in [2.75, 3.05) is 19.7 Å². The van der Waals surface area contributed by atoms with Crippen molar-refractivity contribution >= 4 is 5.91 Å². The first-order chi connectivity index (χ1) is 10.3. The summed E-state index contributed by atoms with van der Waals surface area (Å²) in [5, 5.41) is 13.2. The highest BCUT2D eigenvalue weighted by Crippen LogP contribution is 2.18. The third-order valence-corrected chi connectivity index (χ3v) is 3.89. The number of likely N-dealkylation sites (tertiary alicyclic amines) is 1. The highest BCUT2D eigenvalue weighted by molar-refractivity contribution is 5.94. The minimum atomic E-state index is 0.00547. The largest absolute Gasteiger partial charge is 0.396 e. The topological polar surface area (TPSA) is 71.2 Å². The van der Waals surface area contributed by atoms with Gasteiger partial charge in [0.05, 0.1) is 5.56 Å². The smallest absolute Gasteiger partial charge is 0.255 e. The average Bonchev–Trinajstić information content (AvgIpc) is 3.09. The van der Waals surface area contributed by atoms with E-state index in [1.807, 2.05) is 17.2 Å². The molecule has 0 bridgehead atoms. The van der Waals surface area contributed by atoms with Gasteiger partial charge in [-0.1, -0.05) is 0 Å². The maximum Gasteiger partial charge on any atom is 0.255 e. The number of pyridine rings is 1. The number of hydrogen-bond donors (Lipinski definition) is 1. The first-order valence-electron chi connectivity index (χ1n) is 7.14. The summed E-state index contributed by atoms with van der Waals surface area (Å²) in [5.41, 5.74) is 0.591. The fourth-order valence-electron chi connectivity index (χ4n) is 2.55. The van der Waals surface area contributed by atoms with E-state index in [9.17, 15) is 4.79 Å². The molecule has 0 radical (unpaired) electrons. The van der Waals surface area contributed by atoms with E-state index >= 15 is 0 Å². The molecule has 0 saturated carbocycles. The Bertz CT molecular complexity index is 587. The Morgan fingerprint density at radius 1 is 1.33 bits per heavy atom. The number of hydrogen-bond acceptors (Lipinski definition) is 4. The van der Waals surface area contributed by atoms with Gasteiger partial charge in [0.15, 0.2) is 5.82 Å². The molecule has 3 heterocycles. The molecule has 0 aliphatic carbocycles. The summed E-state index contributed by atoms with van der Waals surface area (Å²) in [6.45, 7) is 1.61. The van der Waals surface area contributed by atoms with Crippen LogP contribution in [0.25, 0.3) is 5.82 Å². The maximum absolute atomic E-state index is 12.4. The van der Waals surface area contributed by atoms with Crippen molar-refractivity contribution in [1.82, 2.24) is 19.7 Å². The summed E-state index contributed by atoms with van der Waals surface area (Å²) >= 11 is 0. The van der Waals surface area contributed by atoms with Gasteiger partial charge in [-0.2, -0.15) is 5.10 Å². The van der Waals surface area contributed by atoms with Crippen LogP contribution in [0.4, 0.5) is 0 Å². The van der Waals surface area contributed by atoms with Crippen molar-refractivity contribution in [2.45, 2.75) is 12.8 Å². The Hall–Kier alpha value is -2.21. The van der Waals surface area contributed by atoms with E-state index in [4.69, 9.17) is 5.11 Å². The Morgan fingerprint density at radius 3 is 2.71 bits per heavy atom. The van der Waals surface area contributed by atoms with Crippen LogP contribution in [0, 0.1) is 5.92 Å². The fourth-order valence-corrected chi connectivity index (χ4v) is 2.55. The molecular weight excluding hydrogens is 268 g/mol. The third-order valence-electron chi connectivity index (χ3n) is 3.89. The van der Waals surface area contributed by atoms with E-state index in [1.165, 1.54) is 0 Å². The van der Waals surface area contributed by atoms with E-state index in [0.29, 0.717) is 30.4 Å². The lowest BCUT2D eigenvalue weighted by Crippen LogP contribution is -2.39. The van der Waals surface area contributed by atoms with Crippen LogP contribution in [0.5, 0.6) is 0 Å². The van der Waals surface area contributed by atoms with Gasteiger partial charge in [0.2, 0.25) is 0 Å². The van der Waals surface area contributed by atoms with Crippen LogP contribution in [0.3, 0.4) is 0 Å². The van der Waals surface area contributed by atoms with Crippen molar-refractivity contribution in [3.63, 3.8) is 0 Å². The van der Waals surface area contributed by atoms with Crippen molar-refractivity contribution in [2.24, 2.45) is 5.92 Å². The van der Waals surface area contributed by atoms with Gasteiger partial charge in [-0.05, 0) is 37.0 Å². The number of amides is 1. The standard InChI is InChI=1S/C15H18N4O2/c20-11-12-4-8-18(9-5-12)15(21)13-2-3-14(16-10-13)19-7-1-6-17-19/h1-3,6-7,10,12,20H,4-5,8-9,11H2. The van der Waals surface area contributed by atoms with E-state index in [0.717, 1.165) is 12.8 Å². The van der Waals surface area contributed by atoms with Crippen molar-refractivity contribution in [3.8, 4) is 5.82 Å². The van der Waals surface area contributed by atoms with Gasteiger partial charge in [0, 0.05) is 38.3 Å². The summed E-state index contributed by atoms with van der Waals surface area (Å²) in [6.07, 6.45) is 6.81. The molecule has 6 nitrogen and oxygen atoms in total. The predicted octanol–water partition coefficient (Wildman–Crippen LogP) is 1.11. The highest BCUT2D eigenvalue weighted by atomic mass is 16.3. The van der Waals surface area contributed by atoms with Crippen LogP contribution in [-0.2, 0) is 0 Å². The Balaban J connectivity index is 1.68. The molecule has 110 valence electrons. The lowest BCUT2D eigenvalue weighted by Gasteiger charge is -2.31. The van der Waals surface area contributed by atoms with E-state index in [1.54, 1.807) is 29.2 Å². The average molecular weight is 286 g/mol. The predicted molar refractivity (Wildman–Crippen MR) is 77.1 cm³/mol. The molecule has 2 aromatic heterocycles. The quantitative estimate of drug-likeness (QED) is 0.917. The number of carbonyl (C=O) groups excluding carboxylic acids is 1. The molecule has 21 heavy (non-hydrogen) atoms. The summed E-state index contributed by atoms with van der Waals surface area (Å²) in [5.74, 6) is 1.02. The molecule has 6 heteroatoms. The molecule has 0 atom stereocenters. The van der Waals surface area contributed by atoms with Gasteiger partial charge >= 0.3 is 0 Å². The van der Waals surface area contributed by atoms with Gasteiger partial charge in [-0.25, -0.2) is 9.67 Å². The van der Waals surface area contributed by atoms with Crippen LogP contribution in [0.15, 0.2) is 36.8 Å². The molecule has 1 aliphatic heterocycles. The van der Waals surface area contributed by atoms with Crippen LogP contribution in [-0.4, -0.2) is 50.4 Å². The number of aliphatic hydroxyl groups excluding tert-OH is 1. The third kappa shape index (κ3) is 2.95. The Kier molecular flexibility index (Phi) is 3.96. The Labute approximate surface area is 123 Å². The van der Waals surface area contributed by atoms with Gasteiger partial charge in [0.25, 0.3) is 5.91 Å². The molecule has 0 unspecified atom stereocenters. The number of piperidine rings is 1. The number of aliphatic hydroxyl groups is 1. The van der Waals surface area contributed by atoms with Gasteiger partial charge in [0.1, 0.15) is 0 Å². The molecule has 0 aromatic carbocycles. The zero-order valence-electron chi connectivity index (χ0n) is 11.7. The first-order valence-corrected chi connectivity index (χ1v) is 7.14. The van der Waals surface area contributed by atoms with Crippen LogP contribution < -0.4 is 0 Å². The normalized spacial score (nSPS) is 16.1. The van der Waals surface area contributed by atoms with Gasteiger partial charge in [-0.3, -0.25) is 4.79 Å². The fraction of sp³-hybridized carbons (Fsp3) is 0.400. The monoisotopic (exact) mass is 286 g/mol. The molecule has 3 rings (SSSR count). The summed E-state index contributed by atoms with van der Waals surface area (Å²) < 4.78 is 1.65.